The molecule has 0 bridgehead atoms. The standard InChI is InChI=1S/C16H17F2N3O2/c1-10(16(23)19-2)3-4-15(22)21-14(5-6-20-21)11-7-12(17)9-13(18)8-11/h6-9,14H,1,3-5H2,2H3,(H,19,23). The Hall–Kier alpha value is -2.57. The zero-order chi connectivity index (χ0) is 17.0. The Morgan fingerprint density at radius 2 is 1.96 bits per heavy atom. The largest absolute Gasteiger partial charge is 0.355 e. The molecule has 2 amide bonds. The molecule has 0 aliphatic carbocycles. The first-order valence-corrected chi connectivity index (χ1v) is 7.12. The Bertz CT molecular complexity index is 653. The van der Waals surface area contributed by atoms with Crippen LogP contribution in [0.3, 0.4) is 0 Å². The molecule has 0 radical (unpaired) electrons. The van der Waals surface area contributed by atoms with Gasteiger partial charge in [0, 0.05) is 37.7 Å². The Morgan fingerprint density at radius 1 is 1.30 bits per heavy atom. The summed E-state index contributed by atoms with van der Waals surface area (Å²) in [6.07, 6.45) is 2.14. The topological polar surface area (TPSA) is 61.8 Å². The molecular weight excluding hydrogens is 304 g/mol. The lowest BCUT2D eigenvalue weighted by Crippen LogP contribution is -2.28. The van der Waals surface area contributed by atoms with Crippen molar-refractivity contribution in [3.63, 3.8) is 0 Å². The van der Waals surface area contributed by atoms with E-state index in [-0.39, 0.29) is 30.2 Å². The molecule has 1 aliphatic rings. The second kappa shape index (κ2) is 7.13. The number of nitrogens with zero attached hydrogens (tertiary/aromatic N) is 2. The summed E-state index contributed by atoms with van der Waals surface area (Å²) in [7, 11) is 1.48. The molecule has 1 aliphatic heterocycles. The fraction of sp³-hybridized carbons (Fsp3) is 0.312. The average Bonchev–Trinajstić information content (AvgIpc) is 3.00. The lowest BCUT2D eigenvalue weighted by molar-refractivity contribution is -0.133. The number of hydrogen-bond acceptors (Lipinski definition) is 3. The molecule has 1 aromatic carbocycles. The van der Waals surface area contributed by atoms with E-state index in [0.717, 1.165) is 6.07 Å². The zero-order valence-electron chi connectivity index (χ0n) is 12.7. The van der Waals surface area contributed by atoms with Crippen molar-refractivity contribution >= 4 is 18.0 Å². The van der Waals surface area contributed by atoms with Crippen LogP contribution in [0, 0.1) is 11.6 Å². The van der Waals surface area contributed by atoms with E-state index in [1.165, 1.54) is 30.4 Å². The molecule has 1 unspecified atom stereocenters. The van der Waals surface area contributed by atoms with E-state index in [1.807, 2.05) is 0 Å². The van der Waals surface area contributed by atoms with Crippen LogP contribution in [0.4, 0.5) is 8.78 Å². The van der Waals surface area contributed by atoms with Crippen LogP contribution in [0.1, 0.15) is 30.9 Å². The summed E-state index contributed by atoms with van der Waals surface area (Å²) in [4.78, 5) is 23.6. The molecule has 1 heterocycles. The molecule has 1 atom stereocenters. The number of carbonyl (C=O) groups is 2. The first-order valence-electron chi connectivity index (χ1n) is 7.12. The van der Waals surface area contributed by atoms with Crippen molar-refractivity contribution in [3.8, 4) is 0 Å². The molecule has 5 nitrogen and oxygen atoms in total. The van der Waals surface area contributed by atoms with Gasteiger partial charge < -0.3 is 5.32 Å². The van der Waals surface area contributed by atoms with Crippen molar-refractivity contribution in [2.24, 2.45) is 5.10 Å². The molecule has 0 aromatic heterocycles. The van der Waals surface area contributed by atoms with Gasteiger partial charge in [-0.15, -0.1) is 0 Å². The molecule has 1 N–H and O–H groups in total. The fourth-order valence-corrected chi connectivity index (χ4v) is 2.36. The third kappa shape index (κ3) is 4.00. The maximum Gasteiger partial charge on any atom is 0.246 e. The van der Waals surface area contributed by atoms with Crippen LogP contribution < -0.4 is 5.32 Å². The summed E-state index contributed by atoms with van der Waals surface area (Å²) >= 11 is 0. The SMILES string of the molecule is C=C(CCC(=O)N1N=CCC1c1cc(F)cc(F)c1)C(=O)NC. The second-order valence-electron chi connectivity index (χ2n) is 5.17. The number of hydrogen-bond donors (Lipinski definition) is 1. The number of carbonyl (C=O) groups excluding carboxylic acids is 2. The van der Waals surface area contributed by atoms with Gasteiger partial charge in [-0.05, 0) is 24.1 Å². The summed E-state index contributed by atoms with van der Waals surface area (Å²) in [5.74, 6) is -2.07. The average molecular weight is 321 g/mol. The number of benzene rings is 1. The van der Waals surface area contributed by atoms with Gasteiger partial charge >= 0.3 is 0 Å². The van der Waals surface area contributed by atoms with Crippen molar-refractivity contribution < 1.29 is 18.4 Å². The Kier molecular flexibility index (Phi) is 5.20. The van der Waals surface area contributed by atoms with E-state index >= 15 is 0 Å². The second-order valence-corrected chi connectivity index (χ2v) is 5.17. The molecule has 2 rings (SSSR count). The highest BCUT2D eigenvalue weighted by atomic mass is 19.1. The van der Waals surface area contributed by atoms with Gasteiger partial charge in [-0.25, -0.2) is 13.8 Å². The first-order chi connectivity index (χ1) is 10.9. The minimum absolute atomic E-state index is 0.0396. The predicted octanol–water partition coefficient (Wildman–Crippen LogP) is 2.31. The van der Waals surface area contributed by atoms with Gasteiger partial charge in [0.2, 0.25) is 11.8 Å². The number of amides is 2. The first kappa shape index (κ1) is 16.8. The summed E-state index contributed by atoms with van der Waals surface area (Å²) in [5, 5.41) is 7.61. The van der Waals surface area contributed by atoms with Crippen molar-refractivity contribution in [3.05, 3.63) is 47.5 Å². The van der Waals surface area contributed by atoms with Crippen molar-refractivity contribution in [2.45, 2.75) is 25.3 Å². The van der Waals surface area contributed by atoms with Crippen LogP contribution in [0.25, 0.3) is 0 Å². The third-order valence-corrected chi connectivity index (χ3v) is 3.54. The molecule has 0 fully saturated rings. The van der Waals surface area contributed by atoms with Gasteiger partial charge in [0.05, 0.1) is 6.04 Å². The number of halogens is 2. The maximum atomic E-state index is 13.4. The highest BCUT2D eigenvalue weighted by molar-refractivity contribution is 5.93. The lowest BCUT2D eigenvalue weighted by Gasteiger charge is -2.22. The van der Waals surface area contributed by atoms with Crippen LogP contribution in [-0.2, 0) is 9.59 Å². The van der Waals surface area contributed by atoms with Crippen molar-refractivity contribution in [2.75, 3.05) is 7.05 Å². The van der Waals surface area contributed by atoms with Gasteiger partial charge in [-0.1, -0.05) is 6.58 Å². The predicted molar refractivity (Wildman–Crippen MR) is 81.5 cm³/mol. The maximum absolute atomic E-state index is 13.4. The monoisotopic (exact) mass is 321 g/mol. The normalized spacial score (nSPS) is 16.5. The van der Waals surface area contributed by atoms with Crippen molar-refractivity contribution in [1.29, 1.82) is 0 Å². The summed E-state index contributed by atoms with van der Waals surface area (Å²) in [6, 6.07) is 2.61. The molecular formula is C16H17F2N3O2. The van der Waals surface area contributed by atoms with Crippen LogP contribution in [0.15, 0.2) is 35.5 Å². The van der Waals surface area contributed by atoms with Crippen LogP contribution in [-0.4, -0.2) is 30.1 Å². The smallest absolute Gasteiger partial charge is 0.246 e. The van der Waals surface area contributed by atoms with Crippen molar-refractivity contribution in [1.82, 2.24) is 10.3 Å². The number of nitrogens with one attached hydrogen (secondary N) is 1. The molecule has 1 aromatic rings. The molecule has 0 saturated carbocycles. The molecule has 0 spiro atoms. The minimum atomic E-state index is -0.702. The fourth-order valence-electron chi connectivity index (χ4n) is 2.36. The summed E-state index contributed by atoms with van der Waals surface area (Å²) in [5.41, 5.74) is 0.635. The highest BCUT2D eigenvalue weighted by Gasteiger charge is 2.28. The quantitative estimate of drug-likeness (QED) is 0.846. The lowest BCUT2D eigenvalue weighted by atomic mass is 10.0. The highest BCUT2D eigenvalue weighted by Crippen LogP contribution is 2.30. The van der Waals surface area contributed by atoms with Crippen LogP contribution >= 0.6 is 0 Å². The van der Waals surface area contributed by atoms with E-state index in [4.69, 9.17) is 0 Å². The van der Waals surface area contributed by atoms with Gasteiger partial charge in [-0.3, -0.25) is 9.59 Å². The molecule has 122 valence electrons. The summed E-state index contributed by atoms with van der Waals surface area (Å²) < 4.78 is 26.7. The van der Waals surface area contributed by atoms with Gasteiger partial charge in [0.1, 0.15) is 11.6 Å². The minimum Gasteiger partial charge on any atom is -0.355 e. The van der Waals surface area contributed by atoms with Gasteiger partial charge in [-0.2, -0.15) is 5.10 Å². The van der Waals surface area contributed by atoms with E-state index in [9.17, 15) is 18.4 Å². The number of likely N-dealkylation sites (N-methyl/N-ethyl adjacent to an activating group) is 1. The Labute approximate surface area is 132 Å². The van der Waals surface area contributed by atoms with Gasteiger partial charge in [0.25, 0.3) is 0 Å². The third-order valence-electron chi connectivity index (χ3n) is 3.54. The molecule has 7 heteroatoms. The van der Waals surface area contributed by atoms with E-state index in [0.29, 0.717) is 12.0 Å². The molecule has 0 saturated heterocycles. The van der Waals surface area contributed by atoms with E-state index < -0.39 is 17.7 Å². The van der Waals surface area contributed by atoms with E-state index in [2.05, 4.69) is 17.0 Å². The van der Waals surface area contributed by atoms with Crippen LogP contribution in [0.2, 0.25) is 0 Å². The van der Waals surface area contributed by atoms with Crippen LogP contribution in [0.5, 0.6) is 0 Å². The number of rotatable bonds is 5. The van der Waals surface area contributed by atoms with E-state index in [1.54, 1.807) is 0 Å². The zero-order valence-corrected chi connectivity index (χ0v) is 12.7. The Balaban J connectivity index is 2.06. The molecule has 23 heavy (non-hydrogen) atoms. The summed E-state index contributed by atoms with van der Waals surface area (Å²) in [6.45, 7) is 3.60. The Morgan fingerprint density at radius 3 is 2.57 bits per heavy atom. The van der Waals surface area contributed by atoms with Gasteiger partial charge in [0.15, 0.2) is 0 Å². The number of hydrazone groups is 1.